The third-order valence-electron chi connectivity index (χ3n) is 3.82. The molecule has 1 aliphatic rings. The Labute approximate surface area is 128 Å². The highest BCUT2D eigenvalue weighted by atomic mass is 16.5. The summed E-state index contributed by atoms with van der Waals surface area (Å²) in [6.45, 7) is 12.1. The molecule has 21 heavy (non-hydrogen) atoms. The first-order valence-corrected chi connectivity index (χ1v) is 8.02. The van der Waals surface area contributed by atoms with Gasteiger partial charge in [-0.2, -0.15) is 0 Å². The normalized spacial score (nSPS) is 13.9. The van der Waals surface area contributed by atoms with Gasteiger partial charge in [0.25, 0.3) is 0 Å². The van der Waals surface area contributed by atoms with E-state index in [9.17, 15) is 0 Å². The quantitative estimate of drug-likeness (QED) is 0.670. The van der Waals surface area contributed by atoms with E-state index in [1.807, 2.05) is 13.8 Å². The van der Waals surface area contributed by atoms with Gasteiger partial charge in [0.15, 0.2) is 0 Å². The molecule has 0 saturated carbocycles. The first-order valence-electron chi connectivity index (χ1n) is 8.02. The van der Waals surface area contributed by atoms with Crippen molar-refractivity contribution in [3.63, 3.8) is 0 Å². The summed E-state index contributed by atoms with van der Waals surface area (Å²) in [6, 6.07) is 6.85. The second kappa shape index (κ2) is 9.15. The number of fused-ring (bicyclic) bond motifs is 1. The number of ether oxygens (including phenoxy) is 2. The topological polar surface area (TPSA) is 33.7 Å². The first-order chi connectivity index (χ1) is 10.3. The summed E-state index contributed by atoms with van der Waals surface area (Å²) in [5.41, 5.74) is 4.27. The summed E-state index contributed by atoms with van der Waals surface area (Å²) in [5.74, 6) is 0. The Bertz CT molecular complexity index is 413. The van der Waals surface area contributed by atoms with E-state index < -0.39 is 0 Å². The summed E-state index contributed by atoms with van der Waals surface area (Å²) in [7, 11) is 0. The van der Waals surface area contributed by atoms with Crippen LogP contribution >= 0.6 is 0 Å². The molecule has 2 rings (SSSR count). The fourth-order valence-corrected chi connectivity index (χ4v) is 2.65. The van der Waals surface area contributed by atoms with Gasteiger partial charge >= 0.3 is 0 Å². The number of benzene rings is 1. The van der Waals surface area contributed by atoms with Crippen molar-refractivity contribution < 1.29 is 9.47 Å². The lowest BCUT2D eigenvalue weighted by molar-refractivity contribution is 0.0798. The fourth-order valence-electron chi connectivity index (χ4n) is 2.65. The van der Waals surface area contributed by atoms with E-state index in [1.54, 1.807) is 0 Å². The van der Waals surface area contributed by atoms with Crippen molar-refractivity contribution in [1.29, 1.82) is 0 Å². The van der Waals surface area contributed by atoms with Crippen LogP contribution in [0.15, 0.2) is 18.2 Å². The lowest BCUT2D eigenvalue weighted by Crippen LogP contribution is -2.30. The Kier molecular flexibility index (Phi) is 7.16. The van der Waals surface area contributed by atoms with Gasteiger partial charge in [-0.3, -0.25) is 4.90 Å². The Morgan fingerprint density at radius 1 is 1.00 bits per heavy atom. The summed E-state index contributed by atoms with van der Waals surface area (Å²) in [5, 5.41) is 3.40. The Balaban J connectivity index is 1.89. The van der Waals surface area contributed by atoms with Crippen LogP contribution in [0.4, 0.5) is 0 Å². The summed E-state index contributed by atoms with van der Waals surface area (Å²) >= 11 is 0. The molecule has 0 radical (unpaired) electrons. The van der Waals surface area contributed by atoms with Gasteiger partial charge in [0.1, 0.15) is 0 Å². The predicted octanol–water partition coefficient (Wildman–Crippen LogP) is 2.16. The van der Waals surface area contributed by atoms with Gasteiger partial charge in [0.2, 0.25) is 0 Å². The van der Waals surface area contributed by atoms with Gasteiger partial charge in [0.05, 0.1) is 13.2 Å². The van der Waals surface area contributed by atoms with Gasteiger partial charge in [-0.05, 0) is 30.5 Å². The highest BCUT2D eigenvalue weighted by Gasteiger charge is 2.12. The van der Waals surface area contributed by atoms with Gasteiger partial charge in [0, 0.05) is 45.9 Å². The maximum absolute atomic E-state index is 5.49. The van der Waals surface area contributed by atoms with Crippen LogP contribution in [0.1, 0.15) is 30.5 Å². The molecule has 0 fully saturated rings. The Hall–Kier alpha value is -0.940. The molecule has 1 aromatic carbocycles. The van der Waals surface area contributed by atoms with Crippen LogP contribution in [-0.4, -0.2) is 44.4 Å². The number of nitrogens with zero attached hydrogens (tertiary/aromatic N) is 1. The van der Waals surface area contributed by atoms with Crippen LogP contribution in [0.3, 0.4) is 0 Å². The molecule has 0 saturated heterocycles. The summed E-state index contributed by atoms with van der Waals surface area (Å²) in [4.78, 5) is 2.41. The molecule has 0 atom stereocenters. The monoisotopic (exact) mass is 292 g/mol. The second-order valence-corrected chi connectivity index (χ2v) is 5.38. The Morgan fingerprint density at radius 3 is 2.33 bits per heavy atom. The number of hydrogen-bond donors (Lipinski definition) is 1. The maximum atomic E-state index is 5.49. The number of hydrogen-bond acceptors (Lipinski definition) is 4. The van der Waals surface area contributed by atoms with E-state index in [0.717, 1.165) is 59.2 Å². The van der Waals surface area contributed by atoms with Crippen molar-refractivity contribution in [2.24, 2.45) is 0 Å². The van der Waals surface area contributed by atoms with Crippen molar-refractivity contribution in [1.82, 2.24) is 10.2 Å². The predicted molar refractivity (Wildman–Crippen MR) is 85.2 cm³/mol. The van der Waals surface area contributed by atoms with Gasteiger partial charge in [-0.25, -0.2) is 0 Å². The molecule has 1 aromatic rings. The molecule has 0 unspecified atom stereocenters. The van der Waals surface area contributed by atoms with E-state index in [0.29, 0.717) is 0 Å². The summed E-state index contributed by atoms with van der Waals surface area (Å²) < 4.78 is 11.0. The van der Waals surface area contributed by atoms with Gasteiger partial charge in [-0.15, -0.1) is 0 Å². The van der Waals surface area contributed by atoms with Crippen molar-refractivity contribution in [3.8, 4) is 0 Å². The zero-order valence-corrected chi connectivity index (χ0v) is 13.4. The zero-order valence-electron chi connectivity index (χ0n) is 13.4. The molecule has 0 aromatic heterocycles. The van der Waals surface area contributed by atoms with Crippen molar-refractivity contribution in [2.75, 3.05) is 39.5 Å². The average Bonchev–Trinajstić information content (AvgIpc) is 2.95. The minimum atomic E-state index is 0.782. The van der Waals surface area contributed by atoms with E-state index in [2.05, 4.69) is 28.4 Å². The largest absolute Gasteiger partial charge is 0.380 e. The van der Waals surface area contributed by atoms with Crippen LogP contribution in [0, 0.1) is 0 Å². The van der Waals surface area contributed by atoms with Crippen LogP contribution < -0.4 is 5.32 Å². The van der Waals surface area contributed by atoms with Gasteiger partial charge < -0.3 is 14.8 Å². The standard InChI is InChI=1S/C17H28N2O2/c1-3-20-9-7-19(8-10-21-4-2)14-15-5-6-16-12-18-13-17(16)11-15/h5-6,11,18H,3-4,7-10,12-14H2,1-2H3. The van der Waals surface area contributed by atoms with Crippen molar-refractivity contribution >= 4 is 0 Å². The lowest BCUT2D eigenvalue weighted by atomic mass is 10.1. The third-order valence-corrected chi connectivity index (χ3v) is 3.82. The molecule has 1 aliphatic heterocycles. The van der Waals surface area contributed by atoms with E-state index in [4.69, 9.17) is 9.47 Å². The smallest absolute Gasteiger partial charge is 0.0593 e. The van der Waals surface area contributed by atoms with Crippen LogP contribution in [0.5, 0.6) is 0 Å². The van der Waals surface area contributed by atoms with Crippen molar-refractivity contribution in [3.05, 3.63) is 34.9 Å². The molecule has 4 heteroatoms. The SMILES string of the molecule is CCOCCN(CCOCC)Cc1ccc2c(c1)CNC2. The number of rotatable bonds is 10. The zero-order chi connectivity index (χ0) is 14.9. The van der Waals surface area contributed by atoms with Crippen LogP contribution in [-0.2, 0) is 29.1 Å². The number of nitrogens with one attached hydrogen (secondary N) is 1. The molecule has 0 spiro atoms. The molecule has 1 N–H and O–H groups in total. The molecule has 118 valence electrons. The first kappa shape index (κ1) is 16.4. The van der Waals surface area contributed by atoms with E-state index in [-0.39, 0.29) is 0 Å². The van der Waals surface area contributed by atoms with Crippen molar-refractivity contribution in [2.45, 2.75) is 33.5 Å². The average molecular weight is 292 g/mol. The van der Waals surface area contributed by atoms with Crippen LogP contribution in [0.2, 0.25) is 0 Å². The van der Waals surface area contributed by atoms with E-state index in [1.165, 1.54) is 16.7 Å². The summed E-state index contributed by atoms with van der Waals surface area (Å²) in [6.07, 6.45) is 0. The fraction of sp³-hybridized carbons (Fsp3) is 0.647. The molecule has 1 heterocycles. The minimum Gasteiger partial charge on any atom is -0.380 e. The molecule has 0 amide bonds. The maximum Gasteiger partial charge on any atom is 0.0593 e. The highest BCUT2D eigenvalue weighted by molar-refractivity contribution is 5.34. The van der Waals surface area contributed by atoms with Crippen LogP contribution in [0.25, 0.3) is 0 Å². The molecular weight excluding hydrogens is 264 g/mol. The molecular formula is C17H28N2O2. The highest BCUT2D eigenvalue weighted by Crippen LogP contribution is 2.18. The van der Waals surface area contributed by atoms with E-state index >= 15 is 0 Å². The molecule has 0 bridgehead atoms. The molecule has 4 nitrogen and oxygen atoms in total. The molecule has 0 aliphatic carbocycles. The Morgan fingerprint density at radius 2 is 1.67 bits per heavy atom. The lowest BCUT2D eigenvalue weighted by Gasteiger charge is -2.22. The van der Waals surface area contributed by atoms with Gasteiger partial charge in [-0.1, -0.05) is 18.2 Å². The minimum absolute atomic E-state index is 0.782. The third kappa shape index (κ3) is 5.40. The second-order valence-electron chi connectivity index (χ2n) is 5.38.